The molecule has 0 atom stereocenters. The van der Waals surface area contributed by atoms with Crippen molar-refractivity contribution in [3.63, 3.8) is 0 Å². The van der Waals surface area contributed by atoms with E-state index in [0.717, 1.165) is 12.8 Å². The van der Waals surface area contributed by atoms with Crippen LogP contribution in [-0.4, -0.2) is 40.4 Å². The van der Waals surface area contributed by atoms with Crippen LogP contribution in [0.3, 0.4) is 0 Å². The van der Waals surface area contributed by atoms with Crippen molar-refractivity contribution in [1.29, 1.82) is 0 Å². The van der Waals surface area contributed by atoms with E-state index in [1.165, 1.54) is 6.20 Å². The molecule has 2 aromatic rings. The molecule has 1 aromatic heterocycles. The number of rotatable bonds is 6. The molecule has 1 amide bonds. The fraction of sp³-hybridized carbons (Fsp3) is 0.450. The van der Waals surface area contributed by atoms with Gasteiger partial charge < -0.3 is 25.0 Å². The second-order valence-corrected chi connectivity index (χ2v) is 8.43. The van der Waals surface area contributed by atoms with Gasteiger partial charge in [0.05, 0.1) is 16.2 Å². The van der Waals surface area contributed by atoms with Gasteiger partial charge in [-0.05, 0) is 45.7 Å². The standard InChI is InChI=1S/C20H24ClN3O5/c1-20(2,3)29-19(28)23-7-6-22-15-8-12-16(9-14(15)21)24(11-4-5-11)10-13(17(12)25)18(26)27/h8-11,22H,4-7H2,1-3H3,(H,23,28)(H,26,27). The van der Waals surface area contributed by atoms with E-state index in [4.69, 9.17) is 16.3 Å². The van der Waals surface area contributed by atoms with E-state index in [-0.39, 0.29) is 18.2 Å². The summed E-state index contributed by atoms with van der Waals surface area (Å²) in [6.07, 6.45) is 2.75. The van der Waals surface area contributed by atoms with Gasteiger partial charge >= 0.3 is 12.1 Å². The first kappa shape index (κ1) is 21.0. The molecule has 1 aromatic carbocycles. The number of amides is 1. The monoisotopic (exact) mass is 421 g/mol. The number of ether oxygens (including phenoxy) is 1. The van der Waals surface area contributed by atoms with Crippen molar-refractivity contribution in [2.24, 2.45) is 0 Å². The largest absolute Gasteiger partial charge is 0.477 e. The number of halogens is 1. The van der Waals surface area contributed by atoms with Gasteiger partial charge in [0.25, 0.3) is 0 Å². The van der Waals surface area contributed by atoms with Crippen LogP contribution in [0.1, 0.15) is 50.0 Å². The summed E-state index contributed by atoms with van der Waals surface area (Å²) >= 11 is 6.38. The summed E-state index contributed by atoms with van der Waals surface area (Å²) in [5.74, 6) is -1.25. The zero-order valence-electron chi connectivity index (χ0n) is 16.5. The van der Waals surface area contributed by atoms with Crippen LogP contribution in [0.2, 0.25) is 5.02 Å². The minimum absolute atomic E-state index is 0.184. The Morgan fingerprint density at radius 2 is 1.97 bits per heavy atom. The number of carbonyl (C=O) groups excluding carboxylic acids is 1. The molecular formula is C20H24ClN3O5. The zero-order chi connectivity index (χ0) is 21.3. The van der Waals surface area contributed by atoms with Crippen molar-refractivity contribution in [3.05, 3.63) is 39.1 Å². The van der Waals surface area contributed by atoms with Crippen LogP contribution in [0.25, 0.3) is 10.9 Å². The van der Waals surface area contributed by atoms with Crippen molar-refractivity contribution >= 4 is 40.3 Å². The molecule has 8 nitrogen and oxygen atoms in total. The Kier molecular flexibility index (Phi) is 5.75. The molecule has 1 heterocycles. The number of benzene rings is 1. The lowest BCUT2D eigenvalue weighted by Gasteiger charge is -2.20. The number of carboxylic acids is 1. The number of nitrogens with zero attached hydrogens (tertiary/aromatic N) is 1. The highest BCUT2D eigenvalue weighted by Gasteiger charge is 2.27. The second kappa shape index (κ2) is 7.94. The number of alkyl carbamates (subject to hydrolysis) is 1. The summed E-state index contributed by atoms with van der Waals surface area (Å²) < 4.78 is 6.98. The predicted molar refractivity (Wildman–Crippen MR) is 111 cm³/mol. The molecular weight excluding hydrogens is 398 g/mol. The Hall–Kier alpha value is -2.74. The van der Waals surface area contributed by atoms with Crippen LogP contribution >= 0.6 is 11.6 Å². The summed E-state index contributed by atoms with van der Waals surface area (Å²) in [5.41, 5.74) is -0.278. The van der Waals surface area contributed by atoms with Gasteiger partial charge in [-0.15, -0.1) is 0 Å². The summed E-state index contributed by atoms with van der Waals surface area (Å²) in [5, 5.41) is 15.8. The highest BCUT2D eigenvalue weighted by Crippen LogP contribution is 2.38. The van der Waals surface area contributed by atoms with Gasteiger partial charge in [-0.3, -0.25) is 4.79 Å². The van der Waals surface area contributed by atoms with Crippen molar-refractivity contribution in [2.75, 3.05) is 18.4 Å². The van der Waals surface area contributed by atoms with Crippen LogP contribution in [0.15, 0.2) is 23.1 Å². The lowest BCUT2D eigenvalue weighted by Crippen LogP contribution is -2.35. The van der Waals surface area contributed by atoms with E-state index < -0.39 is 23.1 Å². The molecule has 0 unspecified atom stereocenters. The molecule has 3 rings (SSSR count). The van der Waals surface area contributed by atoms with Gasteiger partial charge in [-0.2, -0.15) is 0 Å². The Morgan fingerprint density at radius 1 is 1.28 bits per heavy atom. The normalized spacial score (nSPS) is 13.9. The molecule has 0 spiro atoms. The molecule has 1 saturated carbocycles. The van der Waals surface area contributed by atoms with Crippen LogP contribution in [0.5, 0.6) is 0 Å². The van der Waals surface area contributed by atoms with E-state index >= 15 is 0 Å². The minimum atomic E-state index is -1.25. The Morgan fingerprint density at radius 3 is 2.55 bits per heavy atom. The molecule has 156 valence electrons. The van der Waals surface area contributed by atoms with E-state index in [1.807, 2.05) is 4.57 Å². The van der Waals surface area contributed by atoms with Crippen LogP contribution in [0.4, 0.5) is 10.5 Å². The number of carboxylic acid groups (broad SMARTS) is 1. The van der Waals surface area contributed by atoms with E-state index in [0.29, 0.717) is 28.2 Å². The van der Waals surface area contributed by atoms with Gasteiger partial charge in [0.15, 0.2) is 0 Å². The maximum absolute atomic E-state index is 12.6. The van der Waals surface area contributed by atoms with Crippen LogP contribution < -0.4 is 16.1 Å². The molecule has 1 aliphatic carbocycles. The average molecular weight is 422 g/mol. The smallest absolute Gasteiger partial charge is 0.407 e. The molecule has 0 saturated heterocycles. The van der Waals surface area contributed by atoms with E-state index in [1.54, 1.807) is 32.9 Å². The molecule has 29 heavy (non-hydrogen) atoms. The van der Waals surface area contributed by atoms with Crippen molar-refractivity contribution in [2.45, 2.75) is 45.3 Å². The number of aromatic nitrogens is 1. The van der Waals surface area contributed by atoms with Gasteiger partial charge in [0.1, 0.15) is 11.2 Å². The maximum Gasteiger partial charge on any atom is 0.407 e. The maximum atomic E-state index is 12.6. The number of anilines is 1. The third-order valence-corrected chi connectivity index (χ3v) is 4.71. The number of fused-ring (bicyclic) bond motifs is 1. The Labute approximate surface area is 172 Å². The van der Waals surface area contributed by atoms with Crippen LogP contribution in [0, 0.1) is 0 Å². The van der Waals surface area contributed by atoms with Gasteiger partial charge in [0.2, 0.25) is 5.43 Å². The Bertz CT molecular complexity index is 1020. The van der Waals surface area contributed by atoms with Gasteiger partial charge in [0, 0.05) is 30.7 Å². The fourth-order valence-electron chi connectivity index (χ4n) is 2.99. The average Bonchev–Trinajstić information content (AvgIpc) is 3.43. The SMILES string of the molecule is CC(C)(C)OC(=O)NCCNc1cc2c(=O)c(C(=O)O)cn(C3CC3)c2cc1Cl. The highest BCUT2D eigenvalue weighted by molar-refractivity contribution is 6.34. The molecule has 3 N–H and O–H groups in total. The molecule has 0 bridgehead atoms. The summed E-state index contributed by atoms with van der Waals surface area (Å²) in [6.45, 7) is 5.96. The third-order valence-electron chi connectivity index (χ3n) is 4.40. The summed E-state index contributed by atoms with van der Waals surface area (Å²) in [6, 6.07) is 3.43. The quantitative estimate of drug-likeness (QED) is 0.614. The number of aromatic carboxylic acids is 1. The predicted octanol–water partition coefficient (Wildman–Crippen LogP) is 3.62. The second-order valence-electron chi connectivity index (χ2n) is 8.02. The first-order chi connectivity index (χ1) is 13.6. The molecule has 9 heteroatoms. The lowest BCUT2D eigenvalue weighted by molar-refractivity contribution is 0.0529. The third kappa shape index (κ3) is 5.00. The number of hydrogen-bond acceptors (Lipinski definition) is 5. The van der Waals surface area contributed by atoms with Gasteiger partial charge in [-0.25, -0.2) is 9.59 Å². The summed E-state index contributed by atoms with van der Waals surface area (Å²) in [4.78, 5) is 35.8. The number of pyridine rings is 1. The first-order valence-corrected chi connectivity index (χ1v) is 9.77. The topological polar surface area (TPSA) is 110 Å². The van der Waals surface area contributed by atoms with E-state index in [2.05, 4.69) is 10.6 Å². The molecule has 0 radical (unpaired) electrons. The Balaban J connectivity index is 1.80. The van der Waals surface area contributed by atoms with Crippen molar-refractivity contribution < 1.29 is 19.4 Å². The van der Waals surface area contributed by atoms with Crippen molar-refractivity contribution in [1.82, 2.24) is 9.88 Å². The fourth-order valence-corrected chi connectivity index (χ4v) is 3.21. The lowest BCUT2D eigenvalue weighted by atomic mass is 10.1. The van der Waals surface area contributed by atoms with E-state index in [9.17, 15) is 19.5 Å². The zero-order valence-corrected chi connectivity index (χ0v) is 17.3. The highest BCUT2D eigenvalue weighted by atomic mass is 35.5. The van der Waals surface area contributed by atoms with Crippen LogP contribution in [-0.2, 0) is 4.74 Å². The number of hydrogen-bond donors (Lipinski definition) is 3. The first-order valence-electron chi connectivity index (χ1n) is 9.39. The molecule has 1 fully saturated rings. The van der Waals surface area contributed by atoms with Crippen molar-refractivity contribution in [3.8, 4) is 0 Å². The molecule has 0 aliphatic heterocycles. The molecule has 1 aliphatic rings. The number of nitrogens with one attached hydrogen (secondary N) is 2. The number of carbonyl (C=O) groups is 2. The van der Waals surface area contributed by atoms with Gasteiger partial charge in [-0.1, -0.05) is 11.6 Å². The summed E-state index contributed by atoms with van der Waals surface area (Å²) in [7, 11) is 0. The minimum Gasteiger partial charge on any atom is -0.477 e.